The fourth-order valence-corrected chi connectivity index (χ4v) is 2.58. The molecule has 0 saturated carbocycles. The average molecular weight is 345 g/mol. The SMILES string of the molecule is N#Cc1c(Cl)ccc(C(=O)c2cccc(Cl)c2Cl)c1Cl. The molecule has 0 spiro atoms. The van der Waals surface area contributed by atoms with Crippen molar-refractivity contribution < 1.29 is 4.79 Å². The van der Waals surface area contributed by atoms with Gasteiger partial charge in [0.25, 0.3) is 0 Å². The Balaban J connectivity index is 2.61. The van der Waals surface area contributed by atoms with Gasteiger partial charge in [-0.1, -0.05) is 52.5 Å². The monoisotopic (exact) mass is 343 g/mol. The number of benzene rings is 2. The Morgan fingerprint density at radius 3 is 2.20 bits per heavy atom. The van der Waals surface area contributed by atoms with Crippen LogP contribution in [0.5, 0.6) is 0 Å². The van der Waals surface area contributed by atoms with Crippen molar-refractivity contribution in [2.75, 3.05) is 0 Å². The molecule has 100 valence electrons. The minimum atomic E-state index is -0.421. The van der Waals surface area contributed by atoms with Crippen LogP contribution in [0.2, 0.25) is 20.1 Å². The maximum absolute atomic E-state index is 12.4. The number of halogens is 4. The zero-order chi connectivity index (χ0) is 14.9. The first-order valence-electron chi connectivity index (χ1n) is 5.34. The zero-order valence-corrected chi connectivity index (χ0v) is 12.8. The number of ketones is 1. The van der Waals surface area contributed by atoms with E-state index in [9.17, 15) is 4.79 Å². The minimum Gasteiger partial charge on any atom is -0.288 e. The summed E-state index contributed by atoms with van der Waals surface area (Å²) in [6.07, 6.45) is 0. The summed E-state index contributed by atoms with van der Waals surface area (Å²) in [5.41, 5.74) is 0.418. The lowest BCUT2D eigenvalue weighted by molar-refractivity contribution is 0.103. The summed E-state index contributed by atoms with van der Waals surface area (Å²) < 4.78 is 0. The smallest absolute Gasteiger partial charge is 0.196 e. The summed E-state index contributed by atoms with van der Waals surface area (Å²) in [6, 6.07) is 9.47. The maximum Gasteiger partial charge on any atom is 0.196 e. The van der Waals surface area contributed by atoms with Crippen molar-refractivity contribution in [3.05, 3.63) is 67.1 Å². The number of nitrogens with zero attached hydrogens (tertiary/aromatic N) is 1. The van der Waals surface area contributed by atoms with Crippen LogP contribution in [-0.4, -0.2) is 5.78 Å². The van der Waals surface area contributed by atoms with Crippen molar-refractivity contribution in [3.8, 4) is 6.07 Å². The van der Waals surface area contributed by atoms with Crippen molar-refractivity contribution >= 4 is 52.2 Å². The lowest BCUT2D eigenvalue weighted by Crippen LogP contribution is -2.04. The Morgan fingerprint density at radius 1 is 0.900 bits per heavy atom. The molecule has 2 aromatic carbocycles. The molecule has 0 N–H and O–H groups in total. The predicted octanol–water partition coefficient (Wildman–Crippen LogP) is 5.40. The maximum atomic E-state index is 12.4. The van der Waals surface area contributed by atoms with Crippen molar-refractivity contribution in [1.82, 2.24) is 0 Å². The molecule has 20 heavy (non-hydrogen) atoms. The van der Waals surface area contributed by atoms with Gasteiger partial charge in [0, 0.05) is 11.1 Å². The van der Waals surface area contributed by atoms with E-state index in [2.05, 4.69) is 0 Å². The van der Waals surface area contributed by atoms with Crippen LogP contribution in [0.25, 0.3) is 0 Å². The van der Waals surface area contributed by atoms with Gasteiger partial charge in [-0.25, -0.2) is 0 Å². The molecule has 0 aliphatic rings. The van der Waals surface area contributed by atoms with Crippen LogP contribution < -0.4 is 0 Å². The van der Waals surface area contributed by atoms with Gasteiger partial charge < -0.3 is 0 Å². The van der Waals surface area contributed by atoms with Crippen LogP contribution in [0.15, 0.2) is 30.3 Å². The van der Waals surface area contributed by atoms with Gasteiger partial charge in [0.1, 0.15) is 6.07 Å². The highest BCUT2D eigenvalue weighted by Gasteiger charge is 2.20. The van der Waals surface area contributed by atoms with E-state index in [1.54, 1.807) is 12.1 Å². The summed E-state index contributed by atoms with van der Waals surface area (Å²) in [7, 11) is 0. The molecule has 0 bridgehead atoms. The van der Waals surface area contributed by atoms with E-state index in [1.165, 1.54) is 18.2 Å². The highest BCUT2D eigenvalue weighted by Crippen LogP contribution is 2.32. The molecule has 0 heterocycles. The number of carbonyl (C=O) groups excluding carboxylic acids is 1. The molecule has 0 fully saturated rings. The normalized spacial score (nSPS) is 10.2. The second kappa shape index (κ2) is 6.03. The molecule has 0 saturated heterocycles. The quantitative estimate of drug-likeness (QED) is 0.684. The Bertz CT molecular complexity index is 750. The number of nitriles is 1. The van der Waals surface area contributed by atoms with Gasteiger partial charge in [-0.2, -0.15) is 5.26 Å². The van der Waals surface area contributed by atoms with Gasteiger partial charge in [0.15, 0.2) is 5.78 Å². The highest BCUT2D eigenvalue weighted by molar-refractivity contribution is 6.45. The van der Waals surface area contributed by atoms with E-state index < -0.39 is 5.78 Å². The molecule has 0 amide bonds. The number of hydrogen-bond acceptors (Lipinski definition) is 2. The van der Waals surface area contributed by atoms with Gasteiger partial charge in [-0.15, -0.1) is 0 Å². The van der Waals surface area contributed by atoms with Crippen LogP contribution >= 0.6 is 46.4 Å². The Hall–Kier alpha value is -1.24. The van der Waals surface area contributed by atoms with Gasteiger partial charge in [-0.3, -0.25) is 4.79 Å². The summed E-state index contributed by atoms with van der Waals surface area (Å²) in [5.74, 6) is -0.421. The third kappa shape index (κ3) is 2.63. The average Bonchev–Trinajstić information content (AvgIpc) is 2.42. The van der Waals surface area contributed by atoms with E-state index in [1.807, 2.05) is 6.07 Å². The van der Waals surface area contributed by atoms with Crippen LogP contribution in [0.4, 0.5) is 0 Å². The topological polar surface area (TPSA) is 40.9 Å². The summed E-state index contributed by atoms with van der Waals surface area (Å²) in [6.45, 7) is 0. The summed E-state index contributed by atoms with van der Waals surface area (Å²) in [4.78, 5) is 12.4. The first kappa shape index (κ1) is 15.2. The first-order valence-corrected chi connectivity index (χ1v) is 6.85. The van der Waals surface area contributed by atoms with E-state index >= 15 is 0 Å². The zero-order valence-electron chi connectivity index (χ0n) is 9.75. The Kier molecular flexibility index (Phi) is 4.57. The second-order valence-corrected chi connectivity index (χ2v) is 5.40. The van der Waals surface area contributed by atoms with Gasteiger partial charge >= 0.3 is 0 Å². The van der Waals surface area contributed by atoms with Gasteiger partial charge in [-0.05, 0) is 24.3 Å². The molecule has 6 heteroatoms. The summed E-state index contributed by atoms with van der Waals surface area (Å²) >= 11 is 23.8. The molecule has 0 aliphatic carbocycles. The molecule has 2 nitrogen and oxygen atoms in total. The van der Waals surface area contributed by atoms with E-state index in [-0.39, 0.29) is 36.8 Å². The Morgan fingerprint density at radius 2 is 1.55 bits per heavy atom. The molecule has 0 aromatic heterocycles. The fourth-order valence-electron chi connectivity index (χ4n) is 1.65. The molecular formula is C14H5Cl4NO. The molecule has 2 aromatic rings. The van der Waals surface area contributed by atoms with Gasteiger partial charge in [0.2, 0.25) is 0 Å². The predicted molar refractivity (Wildman–Crippen MR) is 81.1 cm³/mol. The lowest BCUT2D eigenvalue weighted by Gasteiger charge is -2.08. The first-order chi connectivity index (χ1) is 9.47. The third-order valence-electron chi connectivity index (χ3n) is 2.64. The largest absolute Gasteiger partial charge is 0.288 e. The standard InChI is InChI=1S/C14H5Cl4NO/c15-10-5-4-8(12(17)9(10)6-19)14(20)7-2-1-3-11(16)13(7)18/h1-5H. The van der Waals surface area contributed by atoms with Crippen molar-refractivity contribution in [1.29, 1.82) is 5.26 Å². The summed E-state index contributed by atoms with van der Waals surface area (Å²) in [5, 5.41) is 9.59. The van der Waals surface area contributed by atoms with Gasteiger partial charge in [0.05, 0.1) is 25.7 Å². The lowest BCUT2D eigenvalue weighted by atomic mass is 10.0. The molecule has 0 aliphatic heterocycles. The fraction of sp³-hybridized carbons (Fsp3) is 0. The van der Waals surface area contributed by atoms with E-state index in [4.69, 9.17) is 51.7 Å². The van der Waals surface area contributed by atoms with Crippen LogP contribution in [0, 0.1) is 11.3 Å². The Labute approximate surface area is 135 Å². The molecule has 0 unspecified atom stereocenters. The molecular weight excluding hydrogens is 340 g/mol. The minimum absolute atomic E-state index is 0.000965. The van der Waals surface area contributed by atoms with E-state index in [0.717, 1.165) is 0 Å². The van der Waals surface area contributed by atoms with Crippen LogP contribution in [0.1, 0.15) is 21.5 Å². The van der Waals surface area contributed by atoms with E-state index in [0.29, 0.717) is 0 Å². The third-order valence-corrected chi connectivity index (χ3v) is 4.17. The van der Waals surface area contributed by atoms with Crippen molar-refractivity contribution in [3.63, 3.8) is 0 Å². The van der Waals surface area contributed by atoms with Crippen LogP contribution in [0.3, 0.4) is 0 Å². The number of rotatable bonds is 2. The molecule has 0 radical (unpaired) electrons. The van der Waals surface area contributed by atoms with Crippen molar-refractivity contribution in [2.45, 2.75) is 0 Å². The molecule has 2 rings (SSSR count). The second-order valence-electron chi connectivity index (χ2n) is 3.83. The molecule has 0 atom stereocenters. The highest BCUT2D eigenvalue weighted by atomic mass is 35.5. The number of carbonyl (C=O) groups is 1. The number of hydrogen-bond donors (Lipinski definition) is 0. The van der Waals surface area contributed by atoms with Crippen molar-refractivity contribution in [2.24, 2.45) is 0 Å². The van der Waals surface area contributed by atoms with Crippen LogP contribution in [-0.2, 0) is 0 Å².